The quantitative estimate of drug-likeness (QED) is 0.465. The van der Waals surface area contributed by atoms with E-state index in [0.29, 0.717) is 12.2 Å². The molecule has 0 radical (unpaired) electrons. The number of carbonyl (C=O) groups excluding carboxylic acids is 2. The van der Waals surface area contributed by atoms with E-state index < -0.39 is 28.7 Å². The lowest BCUT2D eigenvalue weighted by atomic mass is 10.1. The number of nitrogens with one attached hydrogen (secondary N) is 1. The third kappa shape index (κ3) is 7.30. The molecular formula is C25H36N4O4S. The highest BCUT2D eigenvalue weighted by molar-refractivity contribution is 7.90. The first-order valence-corrected chi connectivity index (χ1v) is 12.9. The Morgan fingerprint density at radius 2 is 1.62 bits per heavy atom. The molecule has 0 bridgehead atoms. The molecule has 2 aromatic rings. The maximum atomic E-state index is 13.6. The van der Waals surface area contributed by atoms with Crippen LogP contribution >= 0.6 is 0 Å². The van der Waals surface area contributed by atoms with Gasteiger partial charge in [0.05, 0.1) is 5.69 Å². The van der Waals surface area contributed by atoms with Gasteiger partial charge in [0.1, 0.15) is 12.6 Å². The lowest BCUT2D eigenvalue weighted by Crippen LogP contribution is -2.52. The second-order valence-corrected chi connectivity index (χ2v) is 10.5. The van der Waals surface area contributed by atoms with Gasteiger partial charge in [-0.1, -0.05) is 61.4 Å². The van der Waals surface area contributed by atoms with Crippen LogP contribution < -0.4 is 9.62 Å². The highest BCUT2D eigenvalue weighted by atomic mass is 32.2. The summed E-state index contributed by atoms with van der Waals surface area (Å²) in [5.74, 6) is -0.733. The zero-order chi connectivity index (χ0) is 25.3. The van der Waals surface area contributed by atoms with Crippen LogP contribution in [0.5, 0.6) is 0 Å². The molecule has 186 valence electrons. The summed E-state index contributed by atoms with van der Waals surface area (Å²) in [5, 5.41) is 2.87. The third-order valence-electron chi connectivity index (χ3n) is 5.53. The standard InChI is InChI=1S/C25H36N4O4S/c1-6-7-17-26-25(31)21(3)28(18-22-15-13-20(2)14-16-22)24(30)19-29(34(32,33)27(4)5)23-11-9-8-10-12-23/h8-16,21H,6-7,17-19H2,1-5H3,(H,26,31). The van der Waals surface area contributed by atoms with Crippen LogP contribution in [0.3, 0.4) is 0 Å². The number of anilines is 1. The summed E-state index contributed by atoms with van der Waals surface area (Å²) >= 11 is 0. The monoisotopic (exact) mass is 488 g/mol. The van der Waals surface area contributed by atoms with Crippen molar-refractivity contribution in [1.29, 1.82) is 0 Å². The zero-order valence-corrected chi connectivity index (χ0v) is 21.5. The number of amides is 2. The van der Waals surface area contributed by atoms with Crippen molar-refractivity contribution in [1.82, 2.24) is 14.5 Å². The number of hydrogen-bond acceptors (Lipinski definition) is 4. The Balaban J connectivity index is 2.37. The first kappa shape index (κ1) is 27.3. The van der Waals surface area contributed by atoms with Gasteiger partial charge in [0.25, 0.3) is 0 Å². The van der Waals surface area contributed by atoms with E-state index in [4.69, 9.17) is 0 Å². The molecular weight excluding hydrogens is 452 g/mol. The van der Waals surface area contributed by atoms with Crippen molar-refractivity contribution < 1.29 is 18.0 Å². The second-order valence-electron chi connectivity index (χ2n) is 8.46. The first-order valence-electron chi connectivity index (χ1n) is 11.5. The first-order chi connectivity index (χ1) is 16.1. The van der Waals surface area contributed by atoms with Gasteiger partial charge in [-0.05, 0) is 38.0 Å². The summed E-state index contributed by atoms with van der Waals surface area (Å²) in [4.78, 5) is 27.8. The van der Waals surface area contributed by atoms with E-state index in [1.807, 2.05) is 38.1 Å². The fourth-order valence-electron chi connectivity index (χ4n) is 3.32. The zero-order valence-electron chi connectivity index (χ0n) is 20.7. The van der Waals surface area contributed by atoms with Gasteiger partial charge >= 0.3 is 10.2 Å². The number of unbranched alkanes of at least 4 members (excludes halogenated alkanes) is 1. The molecule has 1 atom stereocenters. The summed E-state index contributed by atoms with van der Waals surface area (Å²) in [6, 6.07) is 15.4. The molecule has 34 heavy (non-hydrogen) atoms. The molecule has 9 heteroatoms. The number of carbonyl (C=O) groups is 2. The molecule has 0 aliphatic carbocycles. The fraction of sp³-hybridized carbons (Fsp3) is 0.440. The summed E-state index contributed by atoms with van der Waals surface area (Å²) < 4.78 is 28.3. The second kappa shape index (κ2) is 12.5. The summed E-state index contributed by atoms with van der Waals surface area (Å²) in [5.41, 5.74) is 2.31. The van der Waals surface area contributed by atoms with Crippen LogP contribution in [0.15, 0.2) is 54.6 Å². The lowest BCUT2D eigenvalue weighted by Gasteiger charge is -2.32. The Hall–Kier alpha value is -2.91. The van der Waals surface area contributed by atoms with Gasteiger partial charge in [0.2, 0.25) is 11.8 Å². The van der Waals surface area contributed by atoms with E-state index in [0.717, 1.165) is 32.6 Å². The van der Waals surface area contributed by atoms with E-state index in [1.54, 1.807) is 37.3 Å². The number of rotatable bonds is 12. The highest BCUT2D eigenvalue weighted by Crippen LogP contribution is 2.20. The van der Waals surface area contributed by atoms with Crippen molar-refractivity contribution in [3.8, 4) is 0 Å². The van der Waals surface area contributed by atoms with Crippen molar-refractivity contribution in [2.45, 2.75) is 46.2 Å². The number of para-hydroxylation sites is 1. The van der Waals surface area contributed by atoms with Crippen molar-refractivity contribution in [3.05, 3.63) is 65.7 Å². The van der Waals surface area contributed by atoms with Gasteiger partial charge in [-0.3, -0.25) is 9.59 Å². The summed E-state index contributed by atoms with van der Waals surface area (Å²) in [6.45, 7) is 5.96. The molecule has 0 aromatic heterocycles. The van der Waals surface area contributed by atoms with Gasteiger partial charge in [-0.2, -0.15) is 12.7 Å². The van der Waals surface area contributed by atoms with Crippen LogP contribution in [0.25, 0.3) is 0 Å². The molecule has 0 aliphatic rings. The smallest absolute Gasteiger partial charge is 0.304 e. The molecule has 2 aromatic carbocycles. The minimum absolute atomic E-state index is 0.187. The van der Waals surface area contributed by atoms with Crippen LogP contribution in [0.1, 0.15) is 37.8 Å². The van der Waals surface area contributed by atoms with Crippen molar-refractivity contribution in [2.75, 3.05) is 31.5 Å². The molecule has 0 fully saturated rings. The minimum atomic E-state index is -3.94. The molecule has 2 rings (SSSR count). The van der Waals surface area contributed by atoms with E-state index in [9.17, 15) is 18.0 Å². The van der Waals surface area contributed by atoms with Crippen molar-refractivity contribution >= 4 is 27.7 Å². The van der Waals surface area contributed by atoms with Gasteiger partial charge in [0.15, 0.2) is 0 Å². The lowest BCUT2D eigenvalue weighted by molar-refractivity contribution is -0.139. The van der Waals surface area contributed by atoms with Crippen LogP contribution in [0, 0.1) is 6.92 Å². The van der Waals surface area contributed by atoms with Gasteiger partial charge in [-0.25, -0.2) is 4.31 Å². The largest absolute Gasteiger partial charge is 0.354 e. The molecule has 0 saturated heterocycles. The number of benzene rings is 2. The molecule has 0 aliphatic heterocycles. The maximum Gasteiger partial charge on any atom is 0.304 e. The van der Waals surface area contributed by atoms with Crippen molar-refractivity contribution in [2.24, 2.45) is 0 Å². The average molecular weight is 489 g/mol. The molecule has 8 nitrogen and oxygen atoms in total. The van der Waals surface area contributed by atoms with E-state index in [2.05, 4.69) is 5.32 Å². The van der Waals surface area contributed by atoms with Gasteiger partial charge < -0.3 is 10.2 Å². The Kier molecular flexibility index (Phi) is 10.1. The molecule has 0 heterocycles. The van der Waals surface area contributed by atoms with Gasteiger partial charge in [-0.15, -0.1) is 0 Å². The molecule has 1 unspecified atom stereocenters. The van der Waals surface area contributed by atoms with Crippen LogP contribution in [-0.2, 0) is 26.3 Å². The third-order valence-corrected chi connectivity index (χ3v) is 7.35. The van der Waals surface area contributed by atoms with Crippen LogP contribution in [0.4, 0.5) is 5.69 Å². The Morgan fingerprint density at radius 3 is 2.18 bits per heavy atom. The number of aryl methyl sites for hydroxylation is 1. The van der Waals surface area contributed by atoms with Crippen LogP contribution in [-0.4, -0.2) is 62.7 Å². The van der Waals surface area contributed by atoms with E-state index in [-0.39, 0.29) is 12.5 Å². The molecule has 0 spiro atoms. The Labute approximate surface area is 203 Å². The topological polar surface area (TPSA) is 90.0 Å². The summed E-state index contributed by atoms with van der Waals surface area (Å²) in [6.07, 6.45) is 1.78. The SMILES string of the molecule is CCCCNC(=O)C(C)N(Cc1ccc(C)cc1)C(=O)CN(c1ccccc1)S(=O)(=O)N(C)C. The molecule has 1 N–H and O–H groups in total. The van der Waals surface area contributed by atoms with Crippen molar-refractivity contribution in [3.63, 3.8) is 0 Å². The summed E-state index contributed by atoms with van der Waals surface area (Å²) in [7, 11) is -1.10. The Morgan fingerprint density at radius 1 is 1.00 bits per heavy atom. The predicted molar refractivity (Wildman–Crippen MR) is 136 cm³/mol. The maximum absolute atomic E-state index is 13.6. The highest BCUT2D eigenvalue weighted by Gasteiger charge is 2.32. The predicted octanol–water partition coefficient (Wildman–Crippen LogP) is 2.94. The normalized spacial score (nSPS) is 12.3. The van der Waals surface area contributed by atoms with Crippen LogP contribution in [0.2, 0.25) is 0 Å². The van der Waals surface area contributed by atoms with E-state index in [1.165, 1.54) is 19.0 Å². The fourth-order valence-corrected chi connectivity index (χ4v) is 4.38. The van der Waals surface area contributed by atoms with Gasteiger partial charge in [0, 0.05) is 27.2 Å². The minimum Gasteiger partial charge on any atom is -0.354 e. The number of hydrogen-bond donors (Lipinski definition) is 1. The number of nitrogens with zero attached hydrogens (tertiary/aromatic N) is 3. The molecule has 2 amide bonds. The molecule has 0 saturated carbocycles. The van der Waals surface area contributed by atoms with E-state index >= 15 is 0 Å². The average Bonchev–Trinajstić information content (AvgIpc) is 2.82. The Bertz CT molecular complexity index is 1040.